The second kappa shape index (κ2) is 8.69. The van der Waals surface area contributed by atoms with Crippen LogP contribution in [0.15, 0.2) is 140 Å². The monoisotopic (exact) mass is 558 g/mol. The van der Waals surface area contributed by atoms with E-state index in [1.807, 2.05) is 72.8 Å². The third kappa shape index (κ3) is 3.20. The average Bonchev–Trinajstić information content (AvgIpc) is 3.05. The zero-order valence-electron chi connectivity index (χ0n) is 22.5. The molecule has 0 fully saturated rings. The summed E-state index contributed by atoms with van der Waals surface area (Å²) in [4.78, 5) is 0. The van der Waals surface area contributed by atoms with Crippen LogP contribution in [0, 0.1) is 0 Å². The Balaban J connectivity index is 1.39. The summed E-state index contributed by atoms with van der Waals surface area (Å²) in [6.45, 7) is 0. The summed E-state index contributed by atoms with van der Waals surface area (Å²) in [6.07, 6.45) is 0. The Labute approximate surface area is 243 Å². The van der Waals surface area contributed by atoms with E-state index in [1.165, 1.54) is 0 Å². The van der Waals surface area contributed by atoms with Gasteiger partial charge in [0.15, 0.2) is 7.14 Å². The van der Waals surface area contributed by atoms with Gasteiger partial charge in [-0.3, -0.25) is 0 Å². The van der Waals surface area contributed by atoms with Crippen molar-refractivity contribution in [2.75, 3.05) is 0 Å². The maximum Gasteiger partial charge on any atom is 0.187 e. The molecule has 0 bridgehead atoms. The third-order valence-electron chi connectivity index (χ3n) is 8.48. The largest absolute Gasteiger partial charge is 0.456 e. The molecule has 9 rings (SSSR count). The first kappa shape index (κ1) is 23.6. The van der Waals surface area contributed by atoms with Crippen molar-refractivity contribution in [3.05, 3.63) is 140 Å². The Morgan fingerprint density at radius 3 is 1.69 bits per heavy atom. The van der Waals surface area contributed by atoms with Gasteiger partial charge in [0, 0.05) is 5.56 Å². The molecule has 4 heteroatoms. The van der Waals surface area contributed by atoms with Gasteiger partial charge in [0.2, 0.25) is 0 Å². The molecular weight excluding hydrogens is 535 g/mol. The van der Waals surface area contributed by atoms with Gasteiger partial charge in [-0.15, -0.1) is 0 Å². The van der Waals surface area contributed by atoms with E-state index in [0.29, 0.717) is 28.3 Å². The molecule has 0 amide bonds. The van der Waals surface area contributed by atoms with Crippen LogP contribution in [0.5, 0.6) is 23.0 Å². The molecule has 0 N–H and O–H groups in total. The standard InChI is InChI=1S/C38H23O3P/c39-42-36-30-15-6-4-11-25(30)17-20-32(36)40-34-22-19-29(28-14-8-13-27(23-28)24-9-2-1-3-10-24)35(38(34)42)41-33-21-18-26-12-5-7-16-31(26)37(33)42/h1-23H. The molecule has 7 aromatic rings. The zero-order valence-corrected chi connectivity index (χ0v) is 23.3. The van der Waals surface area contributed by atoms with Gasteiger partial charge in [0.05, 0.1) is 10.6 Å². The number of rotatable bonds is 2. The minimum atomic E-state index is -3.47. The van der Waals surface area contributed by atoms with Crippen molar-refractivity contribution in [2.45, 2.75) is 0 Å². The summed E-state index contributed by atoms with van der Waals surface area (Å²) < 4.78 is 29.6. The topological polar surface area (TPSA) is 35.5 Å². The van der Waals surface area contributed by atoms with Crippen molar-refractivity contribution in [2.24, 2.45) is 0 Å². The maximum atomic E-state index is 16.3. The Morgan fingerprint density at radius 2 is 0.976 bits per heavy atom. The predicted molar refractivity (Wildman–Crippen MR) is 172 cm³/mol. The van der Waals surface area contributed by atoms with Crippen LogP contribution in [-0.4, -0.2) is 0 Å². The molecule has 0 saturated heterocycles. The summed E-state index contributed by atoms with van der Waals surface area (Å²) in [6, 6.07) is 47.0. The first-order valence-electron chi connectivity index (χ1n) is 14.0. The maximum absolute atomic E-state index is 16.3. The van der Waals surface area contributed by atoms with Gasteiger partial charge >= 0.3 is 0 Å². The van der Waals surface area contributed by atoms with Gasteiger partial charge in [-0.2, -0.15) is 0 Å². The summed E-state index contributed by atoms with van der Waals surface area (Å²) >= 11 is 0. The van der Waals surface area contributed by atoms with Crippen molar-refractivity contribution >= 4 is 44.6 Å². The average molecular weight is 559 g/mol. The Kier molecular flexibility index (Phi) is 4.88. The van der Waals surface area contributed by atoms with E-state index in [4.69, 9.17) is 9.47 Å². The molecule has 7 aromatic carbocycles. The Morgan fingerprint density at radius 1 is 0.429 bits per heavy atom. The molecule has 0 saturated carbocycles. The molecule has 42 heavy (non-hydrogen) atoms. The van der Waals surface area contributed by atoms with Crippen LogP contribution in [0.2, 0.25) is 0 Å². The van der Waals surface area contributed by atoms with Crippen LogP contribution >= 0.6 is 7.14 Å². The molecule has 0 spiro atoms. The molecule has 2 aliphatic rings. The van der Waals surface area contributed by atoms with Gasteiger partial charge in [0.25, 0.3) is 0 Å². The number of hydrogen-bond donors (Lipinski definition) is 0. The third-order valence-corrected chi connectivity index (χ3v) is 11.7. The Hall–Kier alpha value is -5.11. The van der Waals surface area contributed by atoms with Crippen molar-refractivity contribution < 1.29 is 14.0 Å². The lowest BCUT2D eigenvalue weighted by Gasteiger charge is -2.36. The molecule has 198 valence electrons. The van der Waals surface area contributed by atoms with E-state index in [0.717, 1.165) is 54.4 Å². The quantitative estimate of drug-likeness (QED) is 0.199. The highest BCUT2D eigenvalue weighted by atomic mass is 31.2. The van der Waals surface area contributed by atoms with Gasteiger partial charge in [-0.1, -0.05) is 109 Å². The van der Waals surface area contributed by atoms with Crippen LogP contribution in [-0.2, 0) is 4.57 Å². The SMILES string of the molecule is O=P12c3c(ccc(-c4cccc(-c5ccccc5)c4)c3Oc3ccc4ccccc4c31)Oc1ccc3ccccc3c12. The smallest absolute Gasteiger partial charge is 0.187 e. The lowest BCUT2D eigenvalue weighted by Crippen LogP contribution is -2.36. The van der Waals surface area contributed by atoms with Crippen LogP contribution in [0.1, 0.15) is 0 Å². The summed E-state index contributed by atoms with van der Waals surface area (Å²) in [5.74, 6) is 2.44. The fraction of sp³-hybridized carbons (Fsp3) is 0. The van der Waals surface area contributed by atoms with E-state index in [9.17, 15) is 0 Å². The number of benzene rings is 7. The van der Waals surface area contributed by atoms with Crippen LogP contribution < -0.4 is 25.4 Å². The van der Waals surface area contributed by atoms with Crippen molar-refractivity contribution in [1.82, 2.24) is 0 Å². The molecule has 0 radical (unpaired) electrons. The fourth-order valence-corrected chi connectivity index (χ4v) is 10.1. The molecule has 3 nitrogen and oxygen atoms in total. The zero-order chi connectivity index (χ0) is 27.8. The minimum Gasteiger partial charge on any atom is -0.456 e. The van der Waals surface area contributed by atoms with Crippen LogP contribution in [0.4, 0.5) is 0 Å². The molecule has 1 atom stereocenters. The molecule has 0 aromatic heterocycles. The van der Waals surface area contributed by atoms with Gasteiger partial charge < -0.3 is 14.0 Å². The number of ether oxygens (including phenoxy) is 2. The fourth-order valence-electron chi connectivity index (χ4n) is 6.61. The van der Waals surface area contributed by atoms with Crippen LogP contribution in [0.25, 0.3) is 43.8 Å². The van der Waals surface area contributed by atoms with E-state index in [1.54, 1.807) is 0 Å². The highest BCUT2D eigenvalue weighted by molar-refractivity contribution is 7.87. The Bertz CT molecular complexity index is 2240. The van der Waals surface area contributed by atoms with E-state index in [2.05, 4.69) is 66.7 Å². The predicted octanol–water partition coefficient (Wildman–Crippen LogP) is 9.18. The molecular formula is C38H23O3P. The normalized spacial score (nSPS) is 16.2. The summed E-state index contributed by atoms with van der Waals surface area (Å²) in [5, 5.41) is 6.05. The van der Waals surface area contributed by atoms with Crippen LogP contribution in [0.3, 0.4) is 0 Å². The first-order chi connectivity index (χ1) is 20.7. The van der Waals surface area contributed by atoms with Crippen molar-refractivity contribution in [1.29, 1.82) is 0 Å². The number of fused-ring (bicyclic) bond motifs is 8. The van der Waals surface area contributed by atoms with E-state index < -0.39 is 7.14 Å². The second-order valence-electron chi connectivity index (χ2n) is 10.8. The minimum absolute atomic E-state index is 0.581. The highest BCUT2D eigenvalue weighted by Crippen LogP contribution is 2.61. The second-order valence-corrected chi connectivity index (χ2v) is 13.4. The molecule has 2 heterocycles. The lowest BCUT2D eigenvalue weighted by molar-refractivity contribution is 0.463. The summed E-state index contributed by atoms with van der Waals surface area (Å²) in [7, 11) is -3.47. The molecule has 0 aliphatic carbocycles. The van der Waals surface area contributed by atoms with E-state index >= 15 is 4.57 Å². The number of hydrogen-bond acceptors (Lipinski definition) is 3. The van der Waals surface area contributed by atoms with Crippen molar-refractivity contribution in [3.63, 3.8) is 0 Å². The van der Waals surface area contributed by atoms with Gasteiger partial charge in [-0.05, 0) is 68.6 Å². The van der Waals surface area contributed by atoms with Gasteiger partial charge in [0.1, 0.15) is 28.3 Å². The lowest BCUT2D eigenvalue weighted by atomic mass is 9.98. The highest BCUT2D eigenvalue weighted by Gasteiger charge is 2.49. The van der Waals surface area contributed by atoms with Crippen molar-refractivity contribution in [3.8, 4) is 45.3 Å². The summed E-state index contributed by atoms with van der Waals surface area (Å²) in [5.41, 5.74) is 4.13. The molecule has 1 unspecified atom stereocenters. The molecule has 2 aliphatic heterocycles. The van der Waals surface area contributed by atoms with E-state index in [-0.39, 0.29) is 0 Å². The van der Waals surface area contributed by atoms with Gasteiger partial charge in [-0.25, -0.2) is 0 Å². The first-order valence-corrected chi connectivity index (χ1v) is 15.7.